The number of carboxylic acids is 1. The normalized spacial score (nSPS) is 25.6. The van der Waals surface area contributed by atoms with Gasteiger partial charge in [-0.3, -0.25) is 0 Å². The Hall–Kier alpha value is -1.30. The second kappa shape index (κ2) is 6.04. The third kappa shape index (κ3) is 4.18. The number of urea groups is 1. The zero-order valence-electron chi connectivity index (χ0n) is 11.2. The van der Waals surface area contributed by atoms with Gasteiger partial charge >= 0.3 is 12.0 Å². The van der Waals surface area contributed by atoms with Gasteiger partial charge in [-0.25, -0.2) is 9.59 Å². The molecule has 6 nitrogen and oxygen atoms in total. The fourth-order valence-electron chi connectivity index (χ4n) is 2.00. The molecule has 0 aromatic carbocycles. The number of amides is 2. The number of carboxylic acid groups (broad SMARTS) is 1. The van der Waals surface area contributed by atoms with Crippen molar-refractivity contribution in [3.8, 4) is 0 Å². The summed E-state index contributed by atoms with van der Waals surface area (Å²) in [4.78, 5) is 22.8. The topological polar surface area (TPSA) is 87.7 Å². The van der Waals surface area contributed by atoms with Crippen LogP contribution in [0, 0.1) is 5.92 Å². The number of ether oxygens (including phenoxy) is 1. The van der Waals surface area contributed by atoms with Crippen molar-refractivity contribution in [1.82, 2.24) is 10.6 Å². The molecule has 18 heavy (non-hydrogen) atoms. The van der Waals surface area contributed by atoms with Gasteiger partial charge in [0, 0.05) is 6.61 Å². The van der Waals surface area contributed by atoms with E-state index >= 15 is 0 Å². The molecule has 2 atom stereocenters. The minimum Gasteiger partial charge on any atom is -0.480 e. The monoisotopic (exact) mass is 258 g/mol. The maximum absolute atomic E-state index is 11.8. The Kier molecular flexibility index (Phi) is 4.95. The Morgan fingerprint density at radius 3 is 2.50 bits per heavy atom. The predicted molar refractivity (Wildman–Crippen MR) is 66.4 cm³/mol. The van der Waals surface area contributed by atoms with Crippen molar-refractivity contribution in [1.29, 1.82) is 0 Å². The van der Waals surface area contributed by atoms with E-state index in [9.17, 15) is 9.59 Å². The van der Waals surface area contributed by atoms with E-state index < -0.39 is 23.6 Å². The van der Waals surface area contributed by atoms with Gasteiger partial charge in [0.15, 0.2) is 0 Å². The van der Waals surface area contributed by atoms with Crippen LogP contribution in [0.1, 0.15) is 33.6 Å². The minimum atomic E-state index is -1.02. The molecular formula is C12H22N2O4. The lowest BCUT2D eigenvalue weighted by atomic mass is 9.95. The smallest absolute Gasteiger partial charge is 0.326 e. The molecule has 0 aliphatic carbocycles. The van der Waals surface area contributed by atoms with Gasteiger partial charge in [0.2, 0.25) is 0 Å². The molecule has 0 bridgehead atoms. The van der Waals surface area contributed by atoms with Gasteiger partial charge in [0.1, 0.15) is 6.04 Å². The van der Waals surface area contributed by atoms with E-state index in [1.807, 2.05) is 6.92 Å². The molecule has 1 fully saturated rings. The third-order valence-corrected chi connectivity index (χ3v) is 3.07. The van der Waals surface area contributed by atoms with Crippen LogP contribution >= 0.6 is 0 Å². The molecule has 1 aliphatic rings. The summed E-state index contributed by atoms with van der Waals surface area (Å²) in [5, 5.41) is 14.3. The molecule has 104 valence electrons. The average molecular weight is 258 g/mol. The quantitative estimate of drug-likeness (QED) is 0.701. The molecule has 1 saturated heterocycles. The molecule has 0 aromatic heterocycles. The molecule has 3 N–H and O–H groups in total. The van der Waals surface area contributed by atoms with Gasteiger partial charge in [-0.2, -0.15) is 0 Å². The molecule has 1 unspecified atom stereocenters. The van der Waals surface area contributed by atoms with Crippen molar-refractivity contribution in [3.63, 3.8) is 0 Å². The minimum absolute atomic E-state index is 0.163. The van der Waals surface area contributed by atoms with Crippen LogP contribution in [0.2, 0.25) is 0 Å². The highest BCUT2D eigenvalue weighted by Gasteiger charge is 2.31. The van der Waals surface area contributed by atoms with E-state index in [0.29, 0.717) is 13.2 Å². The first kappa shape index (κ1) is 14.8. The highest BCUT2D eigenvalue weighted by Crippen LogP contribution is 2.18. The van der Waals surface area contributed by atoms with Crippen LogP contribution in [-0.2, 0) is 9.53 Å². The maximum atomic E-state index is 11.8. The highest BCUT2D eigenvalue weighted by atomic mass is 16.5. The Labute approximate surface area is 107 Å². The molecular weight excluding hydrogens is 236 g/mol. The zero-order chi connectivity index (χ0) is 13.8. The summed E-state index contributed by atoms with van der Waals surface area (Å²) in [5.41, 5.74) is -0.414. The van der Waals surface area contributed by atoms with Crippen molar-refractivity contribution < 1.29 is 19.4 Å². The van der Waals surface area contributed by atoms with Crippen LogP contribution in [-0.4, -0.2) is 41.9 Å². The SMILES string of the molecule is CC(C)[C@H](NC(=O)NC1(C)CCCOC1)C(=O)O. The largest absolute Gasteiger partial charge is 0.480 e. The van der Waals surface area contributed by atoms with Crippen LogP contribution in [0.15, 0.2) is 0 Å². The van der Waals surface area contributed by atoms with Crippen molar-refractivity contribution in [2.75, 3.05) is 13.2 Å². The third-order valence-electron chi connectivity index (χ3n) is 3.07. The molecule has 1 aliphatic heterocycles. The lowest BCUT2D eigenvalue weighted by Crippen LogP contribution is -2.57. The second-order valence-electron chi connectivity index (χ2n) is 5.38. The number of rotatable bonds is 4. The Morgan fingerprint density at radius 2 is 2.06 bits per heavy atom. The van der Waals surface area contributed by atoms with E-state index in [1.54, 1.807) is 13.8 Å². The van der Waals surface area contributed by atoms with Gasteiger partial charge in [-0.1, -0.05) is 13.8 Å². The zero-order valence-corrected chi connectivity index (χ0v) is 11.2. The second-order valence-corrected chi connectivity index (χ2v) is 5.38. The van der Waals surface area contributed by atoms with Gasteiger partial charge in [-0.05, 0) is 25.7 Å². The summed E-state index contributed by atoms with van der Waals surface area (Å²) in [6.45, 7) is 6.58. The fourth-order valence-corrected chi connectivity index (χ4v) is 2.00. The molecule has 0 aromatic rings. The number of aliphatic carboxylic acids is 1. The molecule has 0 saturated carbocycles. The summed E-state index contributed by atoms with van der Waals surface area (Å²) in [5.74, 6) is -1.19. The number of carbonyl (C=O) groups excluding carboxylic acids is 1. The Morgan fingerprint density at radius 1 is 1.39 bits per heavy atom. The molecule has 2 amide bonds. The standard InChI is InChI=1S/C12H22N2O4/c1-8(2)9(10(15)16)13-11(17)14-12(3)5-4-6-18-7-12/h8-9H,4-7H2,1-3H3,(H,15,16)(H2,13,14,17)/t9-,12?/m0/s1. The fraction of sp³-hybridized carbons (Fsp3) is 0.833. The van der Waals surface area contributed by atoms with Crippen LogP contribution in [0.25, 0.3) is 0 Å². The predicted octanol–water partition coefficient (Wildman–Crippen LogP) is 0.964. The summed E-state index contributed by atoms with van der Waals surface area (Å²) in [7, 11) is 0. The van der Waals surface area contributed by atoms with E-state index in [4.69, 9.17) is 9.84 Å². The lowest BCUT2D eigenvalue weighted by molar-refractivity contribution is -0.140. The summed E-state index contributed by atoms with van der Waals surface area (Å²) in [6, 6.07) is -1.33. The highest BCUT2D eigenvalue weighted by molar-refractivity contribution is 5.83. The number of hydrogen-bond acceptors (Lipinski definition) is 3. The number of nitrogens with one attached hydrogen (secondary N) is 2. The maximum Gasteiger partial charge on any atom is 0.326 e. The molecule has 1 rings (SSSR count). The first-order valence-electron chi connectivity index (χ1n) is 6.23. The van der Waals surface area contributed by atoms with Gasteiger partial charge in [-0.15, -0.1) is 0 Å². The van der Waals surface area contributed by atoms with E-state index in [0.717, 1.165) is 12.8 Å². The van der Waals surface area contributed by atoms with Gasteiger partial charge < -0.3 is 20.5 Å². The van der Waals surface area contributed by atoms with E-state index in [-0.39, 0.29) is 5.92 Å². The van der Waals surface area contributed by atoms with Crippen LogP contribution in [0.4, 0.5) is 4.79 Å². The summed E-state index contributed by atoms with van der Waals surface area (Å²) in [6.07, 6.45) is 1.73. The van der Waals surface area contributed by atoms with Crippen LogP contribution < -0.4 is 10.6 Å². The lowest BCUT2D eigenvalue weighted by Gasteiger charge is -2.34. The summed E-state index contributed by atoms with van der Waals surface area (Å²) >= 11 is 0. The van der Waals surface area contributed by atoms with Crippen molar-refractivity contribution in [2.45, 2.75) is 45.2 Å². The number of hydrogen-bond donors (Lipinski definition) is 3. The molecule has 0 radical (unpaired) electrons. The van der Waals surface area contributed by atoms with Crippen molar-refractivity contribution in [3.05, 3.63) is 0 Å². The first-order valence-corrected chi connectivity index (χ1v) is 6.23. The van der Waals surface area contributed by atoms with Crippen molar-refractivity contribution in [2.24, 2.45) is 5.92 Å². The average Bonchev–Trinajstić information content (AvgIpc) is 2.25. The Bertz CT molecular complexity index is 311. The van der Waals surface area contributed by atoms with Crippen molar-refractivity contribution >= 4 is 12.0 Å². The first-order chi connectivity index (χ1) is 8.34. The van der Waals surface area contributed by atoms with Crippen LogP contribution in [0.3, 0.4) is 0 Å². The Balaban J connectivity index is 2.52. The molecule has 6 heteroatoms. The van der Waals surface area contributed by atoms with E-state index in [2.05, 4.69) is 10.6 Å². The van der Waals surface area contributed by atoms with E-state index in [1.165, 1.54) is 0 Å². The van der Waals surface area contributed by atoms with Gasteiger partial charge in [0.05, 0.1) is 12.1 Å². The molecule has 0 spiro atoms. The van der Waals surface area contributed by atoms with Gasteiger partial charge in [0.25, 0.3) is 0 Å². The number of carbonyl (C=O) groups is 2. The summed E-state index contributed by atoms with van der Waals surface area (Å²) < 4.78 is 5.33. The van der Waals surface area contributed by atoms with Crippen LogP contribution in [0.5, 0.6) is 0 Å². The molecule has 1 heterocycles.